The van der Waals surface area contributed by atoms with Crippen LogP contribution in [-0.2, 0) is 9.47 Å². The largest absolute Gasteiger partial charge is 0.490 e. The number of anilines is 1. The van der Waals surface area contributed by atoms with E-state index in [4.69, 9.17) is 19.3 Å². The van der Waals surface area contributed by atoms with Gasteiger partial charge in [0.1, 0.15) is 18.5 Å². The molecule has 168 valence electrons. The van der Waals surface area contributed by atoms with Crippen LogP contribution in [0.5, 0.6) is 5.75 Å². The van der Waals surface area contributed by atoms with Gasteiger partial charge in [0.2, 0.25) is 0 Å². The lowest BCUT2D eigenvalue weighted by atomic mass is 10.1. The number of carbonyl (C=O) groups excluding carboxylic acids is 1. The minimum absolute atomic E-state index is 0.0441. The zero-order valence-electron chi connectivity index (χ0n) is 17.3. The normalized spacial score (nSPS) is 15.9. The molecule has 1 atom stereocenters. The van der Waals surface area contributed by atoms with Crippen molar-refractivity contribution >= 4 is 22.6 Å². The Kier molecular flexibility index (Phi) is 6.69. The summed E-state index contributed by atoms with van der Waals surface area (Å²) in [6.45, 7) is 0.817. The molecule has 2 heterocycles. The number of carbonyl (C=O) groups is 1. The van der Waals surface area contributed by atoms with E-state index in [1.165, 1.54) is 4.90 Å². The molecule has 3 aromatic rings. The summed E-state index contributed by atoms with van der Waals surface area (Å²) >= 11 is 0. The average Bonchev–Trinajstić information content (AvgIpc) is 3.19. The van der Waals surface area contributed by atoms with Gasteiger partial charge in [-0.3, -0.25) is 9.69 Å². The summed E-state index contributed by atoms with van der Waals surface area (Å²) in [5.41, 5.74) is 1.56. The summed E-state index contributed by atoms with van der Waals surface area (Å²) < 4.78 is 16.1. The van der Waals surface area contributed by atoms with Gasteiger partial charge in [-0.05, 0) is 35.7 Å². The van der Waals surface area contributed by atoms with Gasteiger partial charge in [0, 0.05) is 16.6 Å². The molecule has 0 saturated carbocycles. The first-order valence-corrected chi connectivity index (χ1v) is 10.3. The maximum Gasteiger partial charge on any atom is 0.414 e. The van der Waals surface area contributed by atoms with E-state index in [-0.39, 0.29) is 31.9 Å². The quantitative estimate of drug-likeness (QED) is 0.435. The fourth-order valence-corrected chi connectivity index (χ4v) is 3.58. The maximum atomic E-state index is 12.9. The molecule has 9 nitrogen and oxygen atoms in total. The van der Waals surface area contributed by atoms with Gasteiger partial charge in [-0.1, -0.05) is 18.2 Å². The van der Waals surface area contributed by atoms with Gasteiger partial charge < -0.3 is 29.4 Å². The van der Waals surface area contributed by atoms with E-state index in [1.54, 1.807) is 18.2 Å². The van der Waals surface area contributed by atoms with Crippen LogP contribution < -0.4 is 15.2 Å². The molecule has 0 spiro atoms. The lowest BCUT2D eigenvalue weighted by Gasteiger charge is -2.14. The number of fused-ring (bicyclic) bond motifs is 1. The number of cyclic esters (lactones) is 1. The third kappa shape index (κ3) is 4.59. The molecule has 1 unspecified atom stereocenters. The van der Waals surface area contributed by atoms with Gasteiger partial charge in [-0.15, -0.1) is 0 Å². The van der Waals surface area contributed by atoms with Crippen molar-refractivity contribution < 1.29 is 29.2 Å². The molecule has 1 saturated heterocycles. The smallest absolute Gasteiger partial charge is 0.414 e. The van der Waals surface area contributed by atoms with Crippen LogP contribution in [0.2, 0.25) is 0 Å². The van der Waals surface area contributed by atoms with Gasteiger partial charge in [-0.2, -0.15) is 0 Å². The Morgan fingerprint density at radius 2 is 1.91 bits per heavy atom. The molecule has 3 N–H and O–H groups in total. The molecule has 1 aliphatic rings. The van der Waals surface area contributed by atoms with Crippen molar-refractivity contribution in [3.05, 3.63) is 58.9 Å². The lowest BCUT2D eigenvalue weighted by Crippen LogP contribution is -2.25. The SMILES string of the molecule is O=C1OC(CO)CN1c1ccc2cc(-c3ccccc3OCCOCCO)[nH]c(=O)c2c1. The van der Waals surface area contributed by atoms with Crippen molar-refractivity contribution in [3.8, 4) is 17.0 Å². The van der Waals surface area contributed by atoms with Gasteiger partial charge in [-0.25, -0.2) is 4.79 Å². The van der Waals surface area contributed by atoms with E-state index in [0.717, 1.165) is 5.56 Å². The second kappa shape index (κ2) is 9.82. The molecular weight excluding hydrogens is 416 g/mol. The number of nitrogens with zero attached hydrogens (tertiary/aromatic N) is 1. The number of hydrogen-bond acceptors (Lipinski definition) is 7. The molecule has 1 aromatic heterocycles. The summed E-state index contributed by atoms with van der Waals surface area (Å²) in [4.78, 5) is 29.2. The zero-order valence-corrected chi connectivity index (χ0v) is 17.3. The molecule has 32 heavy (non-hydrogen) atoms. The van der Waals surface area contributed by atoms with Crippen molar-refractivity contribution in [2.45, 2.75) is 6.10 Å². The minimum atomic E-state index is -0.579. The Balaban J connectivity index is 1.61. The second-order valence-electron chi connectivity index (χ2n) is 7.26. The van der Waals surface area contributed by atoms with Crippen LogP contribution in [0.3, 0.4) is 0 Å². The first-order chi connectivity index (χ1) is 15.6. The van der Waals surface area contributed by atoms with Crippen LogP contribution in [0.15, 0.2) is 53.3 Å². The summed E-state index contributed by atoms with van der Waals surface area (Å²) in [6.07, 6.45) is -1.13. The van der Waals surface area contributed by atoms with Crippen LogP contribution in [-0.4, -0.2) is 67.0 Å². The maximum absolute atomic E-state index is 12.9. The lowest BCUT2D eigenvalue weighted by molar-refractivity contribution is 0.0706. The predicted molar refractivity (Wildman–Crippen MR) is 118 cm³/mol. The van der Waals surface area contributed by atoms with Crippen LogP contribution in [0.25, 0.3) is 22.0 Å². The third-order valence-corrected chi connectivity index (χ3v) is 5.12. The predicted octanol–water partition coefficient (Wildman–Crippen LogP) is 1.90. The van der Waals surface area contributed by atoms with E-state index in [9.17, 15) is 14.7 Å². The second-order valence-corrected chi connectivity index (χ2v) is 7.26. The molecule has 0 aliphatic carbocycles. The highest BCUT2D eigenvalue weighted by atomic mass is 16.6. The van der Waals surface area contributed by atoms with Crippen LogP contribution >= 0.6 is 0 Å². The number of aliphatic hydroxyl groups is 2. The highest BCUT2D eigenvalue weighted by Gasteiger charge is 2.32. The number of para-hydroxylation sites is 1. The van der Waals surface area contributed by atoms with Crippen molar-refractivity contribution in [1.29, 1.82) is 0 Å². The number of aromatic amines is 1. The molecule has 1 amide bonds. The van der Waals surface area contributed by atoms with Gasteiger partial charge >= 0.3 is 6.09 Å². The summed E-state index contributed by atoms with van der Waals surface area (Å²) in [5.74, 6) is 0.599. The zero-order chi connectivity index (χ0) is 22.5. The van der Waals surface area contributed by atoms with Crippen molar-refractivity contribution in [1.82, 2.24) is 4.98 Å². The minimum Gasteiger partial charge on any atom is -0.490 e. The first-order valence-electron chi connectivity index (χ1n) is 10.3. The molecule has 4 rings (SSSR count). The van der Waals surface area contributed by atoms with Gasteiger partial charge in [0.15, 0.2) is 0 Å². The number of pyridine rings is 1. The van der Waals surface area contributed by atoms with E-state index >= 15 is 0 Å². The van der Waals surface area contributed by atoms with Crippen molar-refractivity contribution in [2.24, 2.45) is 0 Å². The number of aliphatic hydroxyl groups excluding tert-OH is 2. The molecule has 0 radical (unpaired) electrons. The monoisotopic (exact) mass is 440 g/mol. The summed E-state index contributed by atoms with van der Waals surface area (Å²) in [6, 6.07) is 14.4. The van der Waals surface area contributed by atoms with Gasteiger partial charge in [0.25, 0.3) is 5.56 Å². The summed E-state index contributed by atoms with van der Waals surface area (Å²) in [7, 11) is 0. The highest BCUT2D eigenvalue weighted by molar-refractivity contribution is 5.94. The fourth-order valence-electron chi connectivity index (χ4n) is 3.58. The standard InChI is InChI=1S/C23H24N2O7/c26-7-8-30-9-10-31-21-4-2-1-3-18(21)20-11-15-5-6-16(12-19(15)22(28)24-20)25-13-17(14-27)32-23(25)29/h1-6,11-12,17,26-27H,7-10,13-14H2,(H,24,28). The van der Waals surface area contributed by atoms with Crippen LogP contribution in [0, 0.1) is 0 Å². The number of hydrogen-bond donors (Lipinski definition) is 3. The van der Waals surface area contributed by atoms with E-state index in [1.807, 2.05) is 30.3 Å². The van der Waals surface area contributed by atoms with E-state index in [2.05, 4.69) is 4.98 Å². The summed E-state index contributed by atoms with van der Waals surface area (Å²) in [5, 5.41) is 19.1. The molecule has 9 heteroatoms. The van der Waals surface area contributed by atoms with Crippen molar-refractivity contribution in [3.63, 3.8) is 0 Å². The van der Waals surface area contributed by atoms with E-state index in [0.29, 0.717) is 41.1 Å². The third-order valence-electron chi connectivity index (χ3n) is 5.12. The van der Waals surface area contributed by atoms with Crippen LogP contribution in [0.4, 0.5) is 10.5 Å². The molecule has 1 fully saturated rings. The number of rotatable bonds is 9. The number of ether oxygens (including phenoxy) is 3. The topological polar surface area (TPSA) is 121 Å². The molecule has 2 aromatic carbocycles. The number of H-pyrrole nitrogens is 1. The number of nitrogens with one attached hydrogen (secondary N) is 1. The fraction of sp³-hybridized carbons (Fsp3) is 0.304. The molecule has 0 bridgehead atoms. The number of amides is 1. The Labute approximate surface area is 183 Å². The molecular formula is C23H24N2O7. The Hall–Kier alpha value is -3.40. The average molecular weight is 440 g/mol. The van der Waals surface area contributed by atoms with Crippen molar-refractivity contribution in [2.75, 3.05) is 44.5 Å². The van der Waals surface area contributed by atoms with Crippen LogP contribution in [0.1, 0.15) is 0 Å². The Morgan fingerprint density at radius 3 is 2.69 bits per heavy atom. The highest BCUT2D eigenvalue weighted by Crippen LogP contribution is 2.31. The number of benzene rings is 2. The van der Waals surface area contributed by atoms with E-state index < -0.39 is 12.2 Å². The number of aromatic nitrogens is 1. The Bertz CT molecular complexity index is 1160. The Morgan fingerprint density at radius 1 is 1.06 bits per heavy atom. The molecule has 1 aliphatic heterocycles. The van der Waals surface area contributed by atoms with Gasteiger partial charge in [0.05, 0.1) is 38.7 Å². The first kappa shape index (κ1) is 21.8.